The van der Waals surface area contributed by atoms with Gasteiger partial charge < -0.3 is 10.4 Å². The molecule has 0 spiro atoms. The Labute approximate surface area is 103 Å². The zero-order chi connectivity index (χ0) is 13.7. The van der Waals surface area contributed by atoms with Crippen LogP contribution in [0.3, 0.4) is 0 Å². The van der Waals surface area contributed by atoms with Gasteiger partial charge in [-0.2, -0.15) is 0 Å². The molecule has 98 valence electrons. The first-order valence-electron chi connectivity index (χ1n) is 5.28. The van der Waals surface area contributed by atoms with E-state index in [1.165, 1.54) is 0 Å². The Morgan fingerprint density at radius 2 is 2.28 bits per heavy atom. The van der Waals surface area contributed by atoms with Crippen molar-refractivity contribution >= 4 is 11.6 Å². The summed E-state index contributed by atoms with van der Waals surface area (Å²) in [5, 5.41) is 21.9. The molecule has 18 heavy (non-hydrogen) atoms. The summed E-state index contributed by atoms with van der Waals surface area (Å²) < 4.78 is 12.9. The second-order valence-corrected chi connectivity index (χ2v) is 3.92. The molecule has 1 rings (SSSR count). The molecule has 0 aliphatic carbocycles. The summed E-state index contributed by atoms with van der Waals surface area (Å²) in [6.45, 7) is 1.79. The molecule has 0 aromatic heterocycles. The standard InChI is InChI=1S/C11H13FN2O4/c1-7(6-15)5-13-11(16)9-3-2-8(12)4-10(9)14(17)18/h2-4,7,15H,5-6H2,1H3,(H,13,16). The Kier molecular flexibility index (Phi) is 4.73. The largest absolute Gasteiger partial charge is 0.396 e. The second-order valence-electron chi connectivity index (χ2n) is 3.92. The van der Waals surface area contributed by atoms with Gasteiger partial charge in [-0.15, -0.1) is 0 Å². The third-order valence-corrected chi connectivity index (χ3v) is 2.32. The van der Waals surface area contributed by atoms with Crippen LogP contribution in [-0.2, 0) is 0 Å². The molecule has 0 radical (unpaired) electrons. The van der Waals surface area contributed by atoms with Crippen LogP contribution in [0.15, 0.2) is 18.2 Å². The van der Waals surface area contributed by atoms with E-state index in [4.69, 9.17) is 5.11 Å². The average Bonchev–Trinajstić information content (AvgIpc) is 2.35. The molecule has 1 atom stereocenters. The molecule has 1 aromatic carbocycles. The van der Waals surface area contributed by atoms with Crippen molar-refractivity contribution in [3.05, 3.63) is 39.7 Å². The van der Waals surface area contributed by atoms with Gasteiger partial charge in [-0.3, -0.25) is 14.9 Å². The first-order chi connectivity index (χ1) is 8.45. The molecule has 0 saturated heterocycles. The number of nitrogens with zero attached hydrogens (tertiary/aromatic N) is 1. The minimum atomic E-state index is -0.812. The molecule has 0 aliphatic rings. The summed E-state index contributed by atoms with van der Waals surface area (Å²) in [5.41, 5.74) is -0.782. The first kappa shape index (κ1) is 14.0. The fraction of sp³-hybridized carbons (Fsp3) is 0.364. The van der Waals surface area contributed by atoms with Crippen molar-refractivity contribution in [1.82, 2.24) is 5.32 Å². The number of carbonyl (C=O) groups is 1. The summed E-state index contributed by atoms with van der Waals surface area (Å²) in [4.78, 5) is 21.6. The Balaban J connectivity index is 2.88. The van der Waals surface area contributed by atoms with Gasteiger partial charge in [0.1, 0.15) is 11.4 Å². The number of halogens is 1. The Morgan fingerprint density at radius 1 is 1.61 bits per heavy atom. The predicted molar refractivity (Wildman–Crippen MR) is 61.6 cm³/mol. The maximum atomic E-state index is 12.9. The average molecular weight is 256 g/mol. The van der Waals surface area contributed by atoms with Gasteiger partial charge in [0.05, 0.1) is 11.0 Å². The number of carbonyl (C=O) groups excluding carboxylic acids is 1. The minimum absolute atomic E-state index is 0.105. The lowest BCUT2D eigenvalue weighted by Crippen LogP contribution is -2.30. The molecular weight excluding hydrogens is 243 g/mol. The Bertz CT molecular complexity index is 464. The number of nitro groups is 1. The predicted octanol–water partition coefficient (Wildman–Crippen LogP) is 1.09. The van der Waals surface area contributed by atoms with Crippen molar-refractivity contribution in [3.63, 3.8) is 0 Å². The van der Waals surface area contributed by atoms with Crippen LogP contribution in [0.4, 0.5) is 10.1 Å². The van der Waals surface area contributed by atoms with Gasteiger partial charge in [-0.1, -0.05) is 6.92 Å². The van der Waals surface area contributed by atoms with E-state index in [0.29, 0.717) is 6.07 Å². The van der Waals surface area contributed by atoms with E-state index in [0.717, 1.165) is 12.1 Å². The molecule has 0 aliphatic heterocycles. The van der Waals surface area contributed by atoms with Crippen molar-refractivity contribution in [1.29, 1.82) is 0 Å². The van der Waals surface area contributed by atoms with Gasteiger partial charge in [-0.05, 0) is 18.1 Å². The number of nitrogens with one attached hydrogen (secondary N) is 1. The van der Waals surface area contributed by atoms with Crippen LogP contribution in [0, 0.1) is 21.8 Å². The van der Waals surface area contributed by atoms with Crippen LogP contribution in [0.5, 0.6) is 0 Å². The van der Waals surface area contributed by atoms with Gasteiger partial charge in [0, 0.05) is 13.2 Å². The fourth-order valence-corrected chi connectivity index (χ4v) is 1.27. The number of amides is 1. The highest BCUT2D eigenvalue weighted by molar-refractivity contribution is 5.98. The molecule has 1 aromatic rings. The highest BCUT2D eigenvalue weighted by atomic mass is 19.1. The van der Waals surface area contributed by atoms with Gasteiger partial charge in [0.25, 0.3) is 11.6 Å². The second kappa shape index (κ2) is 6.06. The van der Waals surface area contributed by atoms with Crippen molar-refractivity contribution in [2.75, 3.05) is 13.2 Å². The SMILES string of the molecule is CC(CO)CNC(=O)c1ccc(F)cc1[N+](=O)[O-]. The molecule has 1 unspecified atom stereocenters. The molecule has 2 N–H and O–H groups in total. The minimum Gasteiger partial charge on any atom is -0.396 e. The summed E-state index contributed by atoms with van der Waals surface area (Å²) in [6.07, 6.45) is 0. The first-order valence-corrected chi connectivity index (χ1v) is 5.28. The third-order valence-electron chi connectivity index (χ3n) is 2.32. The van der Waals surface area contributed by atoms with Crippen LogP contribution in [0.25, 0.3) is 0 Å². The van der Waals surface area contributed by atoms with E-state index >= 15 is 0 Å². The summed E-state index contributed by atoms with van der Waals surface area (Å²) in [5.74, 6) is -1.60. The van der Waals surface area contributed by atoms with Gasteiger partial charge in [0.15, 0.2) is 0 Å². The molecule has 0 heterocycles. The molecule has 0 bridgehead atoms. The number of hydrogen-bond donors (Lipinski definition) is 2. The lowest BCUT2D eigenvalue weighted by atomic mass is 10.1. The van der Waals surface area contributed by atoms with Crippen LogP contribution in [0.2, 0.25) is 0 Å². The number of benzene rings is 1. The van der Waals surface area contributed by atoms with Crippen molar-refractivity contribution in [2.45, 2.75) is 6.92 Å². The lowest BCUT2D eigenvalue weighted by Gasteiger charge is -2.09. The maximum Gasteiger partial charge on any atom is 0.285 e. The summed E-state index contributed by atoms with van der Waals surface area (Å²) in [6, 6.07) is 2.74. The zero-order valence-corrected chi connectivity index (χ0v) is 9.72. The van der Waals surface area contributed by atoms with E-state index < -0.39 is 22.3 Å². The van der Waals surface area contributed by atoms with E-state index in [-0.39, 0.29) is 24.6 Å². The van der Waals surface area contributed by atoms with Crippen LogP contribution in [-0.4, -0.2) is 29.1 Å². The number of hydrogen-bond acceptors (Lipinski definition) is 4. The zero-order valence-electron chi connectivity index (χ0n) is 9.72. The molecule has 1 amide bonds. The van der Waals surface area contributed by atoms with E-state index in [1.54, 1.807) is 6.92 Å². The van der Waals surface area contributed by atoms with Crippen molar-refractivity contribution in [3.8, 4) is 0 Å². The molecule has 0 saturated carbocycles. The molecule has 6 nitrogen and oxygen atoms in total. The van der Waals surface area contributed by atoms with Crippen molar-refractivity contribution in [2.24, 2.45) is 5.92 Å². The van der Waals surface area contributed by atoms with Crippen LogP contribution in [0.1, 0.15) is 17.3 Å². The topological polar surface area (TPSA) is 92.5 Å². The van der Waals surface area contributed by atoms with Crippen LogP contribution < -0.4 is 5.32 Å². The summed E-state index contributed by atoms with van der Waals surface area (Å²) >= 11 is 0. The Morgan fingerprint density at radius 3 is 2.83 bits per heavy atom. The summed E-state index contributed by atoms with van der Waals surface area (Å²) in [7, 11) is 0. The molecular formula is C11H13FN2O4. The van der Waals surface area contributed by atoms with E-state index in [9.17, 15) is 19.3 Å². The van der Waals surface area contributed by atoms with Gasteiger partial charge in [0.2, 0.25) is 0 Å². The van der Waals surface area contributed by atoms with Gasteiger partial charge >= 0.3 is 0 Å². The van der Waals surface area contributed by atoms with E-state index in [1.807, 2.05) is 0 Å². The monoisotopic (exact) mass is 256 g/mol. The van der Waals surface area contributed by atoms with E-state index in [2.05, 4.69) is 5.32 Å². The third kappa shape index (κ3) is 3.49. The lowest BCUT2D eigenvalue weighted by molar-refractivity contribution is -0.385. The molecule has 7 heteroatoms. The Hall–Kier alpha value is -2.02. The number of aliphatic hydroxyl groups is 1. The highest BCUT2D eigenvalue weighted by Gasteiger charge is 2.20. The maximum absolute atomic E-state index is 12.9. The number of rotatable bonds is 5. The van der Waals surface area contributed by atoms with Crippen molar-refractivity contribution < 1.29 is 19.2 Å². The van der Waals surface area contributed by atoms with Gasteiger partial charge in [-0.25, -0.2) is 4.39 Å². The smallest absolute Gasteiger partial charge is 0.285 e. The normalized spacial score (nSPS) is 11.9. The molecule has 0 fully saturated rings. The van der Waals surface area contributed by atoms with Crippen LogP contribution >= 0.6 is 0 Å². The number of nitro benzene ring substituents is 1. The quantitative estimate of drug-likeness (QED) is 0.609. The highest BCUT2D eigenvalue weighted by Crippen LogP contribution is 2.19. The fourth-order valence-electron chi connectivity index (χ4n) is 1.27. The number of aliphatic hydroxyl groups excluding tert-OH is 1.